The molecule has 3 rings (SSSR count). The Morgan fingerprint density at radius 2 is 1.76 bits per heavy atom. The lowest BCUT2D eigenvalue weighted by Gasteiger charge is -2.35. The van der Waals surface area contributed by atoms with Gasteiger partial charge in [0.25, 0.3) is 5.91 Å². The first kappa shape index (κ1) is 21.1. The second-order valence-electron chi connectivity index (χ2n) is 8.37. The average Bonchev–Trinajstić information content (AvgIpc) is 3.20. The van der Waals surface area contributed by atoms with Gasteiger partial charge in [0, 0.05) is 33.2 Å². The van der Waals surface area contributed by atoms with E-state index >= 15 is 0 Å². The number of rotatable bonds is 7. The van der Waals surface area contributed by atoms with Crippen LogP contribution in [0.5, 0.6) is 0 Å². The maximum Gasteiger partial charge on any atom is 0.289 e. The van der Waals surface area contributed by atoms with Crippen molar-refractivity contribution in [3.8, 4) is 0 Å². The molecule has 0 spiro atoms. The van der Waals surface area contributed by atoms with Crippen LogP contribution in [0.2, 0.25) is 0 Å². The molecule has 0 aliphatic carbocycles. The number of benzene rings is 1. The van der Waals surface area contributed by atoms with Crippen molar-refractivity contribution in [2.45, 2.75) is 33.4 Å². The molecule has 0 unspecified atom stereocenters. The van der Waals surface area contributed by atoms with Crippen molar-refractivity contribution in [3.63, 3.8) is 0 Å². The first-order chi connectivity index (χ1) is 13.9. The number of likely N-dealkylation sites (N-methyl/N-ethyl adjacent to an activating group) is 1. The third kappa shape index (κ3) is 6.19. The second kappa shape index (κ2) is 9.74. The first-order valence-electron chi connectivity index (χ1n) is 10.3. The van der Waals surface area contributed by atoms with Gasteiger partial charge in [0.1, 0.15) is 0 Å². The zero-order valence-electron chi connectivity index (χ0n) is 17.6. The van der Waals surface area contributed by atoms with Gasteiger partial charge in [-0.05, 0) is 41.5 Å². The van der Waals surface area contributed by atoms with Gasteiger partial charge in [-0.3, -0.25) is 14.5 Å². The molecule has 2 atom stereocenters. The highest BCUT2D eigenvalue weighted by Crippen LogP contribution is 2.22. The SMILES string of the molecule is C[C@@H]1C[C@@H](C)CN(Cc2ccc(CNC(=O)CN(C)C(=O)c3ccco3)cc2)C1. The van der Waals surface area contributed by atoms with Crippen molar-refractivity contribution in [2.24, 2.45) is 11.8 Å². The van der Waals surface area contributed by atoms with Gasteiger partial charge in [-0.1, -0.05) is 38.1 Å². The van der Waals surface area contributed by atoms with E-state index in [2.05, 4.69) is 48.3 Å². The Hall–Kier alpha value is -2.60. The summed E-state index contributed by atoms with van der Waals surface area (Å²) in [5.74, 6) is 1.23. The van der Waals surface area contributed by atoms with Crippen LogP contribution in [0.3, 0.4) is 0 Å². The Morgan fingerprint density at radius 3 is 2.38 bits per heavy atom. The first-order valence-corrected chi connectivity index (χ1v) is 10.3. The number of furan rings is 1. The summed E-state index contributed by atoms with van der Waals surface area (Å²) in [4.78, 5) is 28.1. The van der Waals surface area contributed by atoms with Gasteiger partial charge in [-0.2, -0.15) is 0 Å². The highest BCUT2D eigenvalue weighted by atomic mass is 16.3. The number of carbonyl (C=O) groups is 2. The molecule has 156 valence electrons. The van der Waals surface area contributed by atoms with Gasteiger partial charge >= 0.3 is 0 Å². The van der Waals surface area contributed by atoms with E-state index in [1.165, 1.54) is 23.1 Å². The number of amides is 2. The molecule has 2 heterocycles. The minimum absolute atomic E-state index is 0.0110. The quantitative estimate of drug-likeness (QED) is 0.779. The predicted molar refractivity (Wildman–Crippen MR) is 112 cm³/mol. The van der Waals surface area contributed by atoms with Crippen LogP contribution in [0.4, 0.5) is 0 Å². The van der Waals surface area contributed by atoms with Crippen molar-refractivity contribution in [3.05, 3.63) is 59.5 Å². The topological polar surface area (TPSA) is 65.8 Å². The van der Waals surface area contributed by atoms with Crippen LogP contribution in [-0.2, 0) is 17.9 Å². The highest BCUT2D eigenvalue weighted by molar-refractivity contribution is 5.94. The third-order valence-electron chi connectivity index (χ3n) is 5.32. The molecule has 2 aromatic rings. The summed E-state index contributed by atoms with van der Waals surface area (Å²) in [5, 5.41) is 2.87. The lowest BCUT2D eigenvalue weighted by Crippen LogP contribution is -2.38. The van der Waals surface area contributed by atoms with Crippen molar-refractivity contribution < 1.29 is 14.0 Å². The van der Waals surface area contributed by atoms with Crippen LogP contribution >= 0.6 is 0 Å². The maximum atomic E-state index is 12.1. The Morgan fingerprint density at radius 1 is 1.10 bits per heavy atom. The lowest BCUT2D eigenvalue weighted by atomic mass is 9.91. The fourth-order valence-electron chi connectivity index (χ4n) is 4.07. The van der Waals surface area contributed by atoms with Crippen molar-refractivity contribution >= 4 is 11.8 Å². The van der Waals surface area contributed by atoms with Crippen molar-refractivity contribution in [2.75, 3.05) is 26.7 Å². The molecule has 1 aromatic carbocycles. The minimum atomic E-state index is -0.309. The van der Waals surface area contributed by atoms with Crippen LogP contribution < -0.4 is 5.32 Å². The number of hydrogen-bond acceptors (Lipinski definition) is 4. The highest BCUT2D eigenvalue weighted by Gasteiger charge is 2.21. The van der Waals surface area contributed by atoms with Gasteiger partial charge in [-0.15, -0.1) is 0 Å². The molecule has 6 heteroatoms. The van der Waals surface area contributed by atoms with Gasteiger partial charge in [0.15, 0.2) is 5.76 Å². The summed E-state index contributed by atoms with van der Waals surface area (Å²) in [6, 6.07) is 11.6. The Bertz CT molecular complexity index is 791. The second-order valence-corrected chi connectivity index (χ2v) is 8.37. The molecule has 0 bridgehead atoms. The summed E-state index contributed by atoms with van der Waals surface area (Å²) in [6.45, 7) is 8.38. The molecule has 0 saturated carbocycles. The summed E-state index contributed by atoms with van der Waals surface area (Å²) >= 11 is 0. The van der Waals surface area contributed by atoms with E-state index in [9.17, 15) is 9.59 Å². The Balaban J connectivity index is 1.43. The summed E-state index contributed by atoms with van der Waals surface area (Å²) in [7, 11) is 1.58. The van der Waals surface area contributed by atoms with Crippen LogP contribution in [0.25, 0.3) is 0 Å². The normalized spacial score (nSPS) is 19.7. The standard InChI is InChI=1S/C23H31N3O3/c1-17-11-18(2)14-26(13-17)15-20-8-6-19(7-9-20)12-24-22(27)16-25(3)23(28)21-5-4-10-29-21/h4-10,17-18H,11-16H2,1-3H3,(H,24,27)/t17-,18-/m1/s1. The van der Waals surface area contributed by atoms with Gasteiger partial charge in [0.05, 0.1) is 12.8 Å². The smallest absolute Gasteiger partial charge is 0.289 e. The molecule has 2 amide bonds. The lowest BCUT2D eigenvalue weighted by molar-refractivity contribution is -0.121. The minimum Gasteiger partial charge on any atom is -0.459 e. The van der Waals surface area contributed by atoms with E-state index in [-0.39, 0.29) is 24.1 Å². The van der Waals surface area contributed by atoms with E-state index in [1.54, 1.807) is 19.2 Å². The molecule has 6 nitrogen and oxygen atoms in total. The monoisotopic (exact) mass is 397 g/mol. The zero-order valence-corrected chi connectivity index (χ0v) is 17.6. The van der Waals surface area contributed by atoms with Crippen LogP contribution in [0, 0.1) is 11.8 Å². The van der Waals surface area contributed by atoms with Crippen LogP contribution in [-0.4, -0.2) is 48.3 Å². The predicted octanol–water partition coefficient (Wildman–Crippen LogP) is 3.15. The summed E-state index contributed by atoms with van der Waals surface area (Å²) < 4.78 is 5.08. The molecular formula is C23H31N3O3. The fourth-order valence-corrected chi connectivity index (χ4v) is 4.07. The molecule has 1 aliphatic heterocycles. The molecule has 29 heavy (non-hydrogen) atoms. The van der Waals surface area contributed by atoms with E-state index in [0.717, 1.165) is 37.0 Å². The van der Waals surface area contributed by atoms with Gasteiger partial charge in [0.2, 0.25) is 5.91 Å². The number of carbonyl (C=O) groups excluding carboxylic acids is 2. The molecule has 1 N–H and O–H groups in total. The molecule has 0 radical (unpaired) electrons. The Kier molecular flexibility index (Phi) is 7.09. The average molecular weight is 398 g/mol. The maximum absolute atomic E-state index is 12.1. The third-order valence-corrected chi connectivity index (χ3v) is 5.32. The molecule has 1 saturated heterocycles. The molecule has 1 aromatic heterocycles. The van der Waals surface area contributed by atoms with Crippen molar-refractivity contribution in [1.29, 1.82) is 0 Å². The van der Waals surface area contributed by atoms with Crippen LogP contribution in [0.1, 0.15) is 41.9 Å². The van der Waals surface area contributed by atoms with Gasteiger partial charge in [-0.25, -0.2) is 0 Å². The fraction of sp³-hybridized carbons (Fsp3) is 0.478. The number of nitrogens with one attached hydrogen (secondary N) is 1. The number of piperidine rings is 1. The summed E-state index contributed by atoms with van der Waals surface area (Å²) in [6.07, 6.45) is 2.76. The van der Waals surface area contributed by atoms with Crippen LogP contribution in [0.15, 0.2) is 47.1 Å². The zero-order chi connectivity index (χ0) is 20.8. The molecule has 1 aliphatic rings. The van der Waals surface area contributed by atoms with E-state index < -0.39 is 0 Å². The number of likely N-dealkylation sites (tertiary alicyclic amines) is 1. The van der Waals surface area contributed by atoms with Gasteiger partial charge < -0.3 is 14.6 Å². The Labute approximate surface area is 172 Å². The number of hydrogen-bond donors (Lipinski definition) is 1. The van der Waals surface area contributed by atoms with Crippen molar-refractivity contribution in [1.82, 2.24) is 15.1 Å². The number of nitrogens with zero attached hydrogens (tertiary/aromatic N) is 2. The largest absolute Gasteiger partial charge is 0.459 e. The van der Waals surface area contributed by atoms with E-state index in [1.807, 2.05) is 0 Å². The summed E-state index contributed by atoms with van der Waals surface area (Å²) in [5.41, 5.74) is 2.34. The van der Waals surface area contributed by atoms with E-state index in [4.69, 9.17) is 4.42 Å². The molecular weight excluding hydrogens is 366 g/mol. The van der Waals surface area contributed by atoms with E-state index in [0.29, 0.717) is 6.54 Å². The molecule has 1 fully saturated rings.